The molecule has 0 atom stereocenters. The fourth-order valence-electron chi connectivity index (χ4n) is 1.04. The minimum atomic E-state index is -0.0957. The topological polar surface area (TPSA) is 29.1 Å². The van der Waals surface area contributed by atoms with Gasteiger partial charge in [-0.2, -0.15) is 0 Å². The lowest BCUT2D eigenvalue weighted by Gasteiger charge is -2.03. The third-order valence-corrected chi connectivity index (χ3v) is 2.62. The highest BCUT2D eigenvalue weighted by molar-refractivity contribution is 9.10. The summed E-state index contributed by atoms with van der Waals surface area (Å²) in [4.78, 5) is 11.6. The van der Waals surface area contributed by atoms with E-state index in [-0.39, 0.29) is 5.91 Å². The molecule has 0 aliphatic heterocycles. The summed E-state index contributed by atoms with van der Waals surface area (Å²) >= 11 is 8.77. The van der Waals surface area contributed by atoms with Crippen molar-refractivity contribution in [3.63, 3.8) is 0 Å². The predicted octanol–water partition coefficient (Wildman–Crippen LogP) is 2.97. The maximum Gasteiger partial charge on any atom is 0.252 e. The number of allylic oxidation sites excluding steroid dienone is 1. The molecule has 0 aliphatic carbocycles. The van der Waals surface area contributed by atoms with E-state index in [2.05, 4.69) is 21.2 Å². The van der Waals surface area contributed by atoms with Crippen molar-refractivity contribution in [3.05, 3.63) is 46.5 Å². The number of halogens is 2. The summed E-state index contributed by atoms with van der Waals surface area (Å²) < 4.78 is 0.795. The molecule has 1 aromatic carbocycles. The smallest absolute Gasteiger partial charge is 0.252 e. The van der Waals surface area contributed by atoms with E-state index in [4.69, 9.17) is 11.6 Å². The fourth-order valence-corrected chi connectivity index (χ4v) is 1.63. The summed E-state index contributed by atoms with van der Waals surface area (Å²) in [6.45, 7) is 0.493. The van der Waals surface area contributed by atoms with Gasteiger partial charge in [0.1, 0.15) is 0 Å². The lowest BCUT2D eigenvalue weighted by atomic mass is 10.2. The van der Waals surface area contributed by atoms with Crippen LogP contribution in [-0.4, -0.2) is 18.3 Å². The van der Waals surface area contributed by atoms with Crippen molar-refractivity contribution in [3.8, 4) is 0 Å². The molecule has 1 rings (SSSR count). The van der Waals surface area contributed by atoms with Crippen molar-refractivity contribution in [1.82, 2.24) is 5.32 Å². The molecule has 15 heavy (non-hydrogen) atoms. The molecule has 0 bridgehead atoms. The Kier molecular flexibility index (Phi) is 5.43. The van der Waals surface area contributed by atoms with Crippen LogP contribution >= 0.6 is 27.5 Å². The van der Waals surface area contributed by atoms with Crippen molar-refractivity contribution >= 4 is 33.4 Å². The van der Waals surface area contributed by atoms with Crippen LogP contribution in [0.1, 0.15) is 10.4 Å². The number of nitrogens with one attached hydrogen (secondary N) is 1. The second-order valence-corrected chi connectivity index (χ2v) is 3.98. The van der Waals surface area contributed by atoms with Crippen LogP contribution in [0.3, 0.4) is 0 Å². The summed E-state index contributed by atoms with van der Waals surface area (Å²) in [5.41, 5.74) is 0.636. The SMILES string of the molecule is O=C(NC/C=C/CCl)c1ccccc1Br. The number of alkyl halides is 1. The zero-order valence-corrected chi connectivity index (χ0v) is 10.4. The zero-order valence-electron chi connectivity index (χ0n) is 8.04. The molecule has 0 fully saturated rings. The highest BCUT2D eigenvalue weighted by atomic mass is 79.9. The van der Waals surface area contributed by atoms with E-state index in [1.165, 1.54) is 0 Å². The van der Waals surface area contributed by atoms with Gasteiger partial charge in [-0.15, -0.1) is 11.6 Å². The first kappa shape index (κ1) is 12.3. The van der Waals surface area contributed by atoms with Crippen LogP contribution in [0.25, 0.3) is 0 Å². The molecule has 0 aliphatic rings. The minimum absolute atomic E-state index is 0.0957. The van der Waals surface area contributed by atoms with Crippen LogP contribution in [0, 0.1) is 0 Å². The third-order valence-electron chi connectivity index (χ3n) is 1.75. The van der Waals surface area contributed by atoms with Crippen molar-refractivity contribution in [2.24, 2.45) is 0 Å². The Balaban J connectivity index is 2.54. The van der Waals surface area contributed by atoms with Gasteiger partial charge < -0.3 is 5.32 Å². The molecule has 2 nitrogen and oxygen atoms in total. The monoisotopic (exact) mass is 287 g/mol. The van der Waals surface area contributed by atoms with Gasteiger partial charge in [-0.3, -0.25) is 4.79 Å². The van der Waals surface area contributed by atoms with Gasteiger partial charge in [-0.1, -0.05) is 24.3 Å². The quantitative estimate of drug-likeness (QED) is 0.670. The summed E-state index contributed by atoms with van der Waals surface area (Å²) in [6, 6.07) is 7.30. The first-order valence-corrected chi connectivity index (χ1v) is 5.82. The molecule has 1 amide bonds. The number of rotatable bonds is 4. The normalized spacial score (nSPS) is 10.5. The highest BCUT2D eigenvalue weighted by Crippen LogP contribution is 2.15. The Morgan fingerprint density at radius 3 is 2.80 bits per heavy atom. The molecule has 0 saturated heterocycles. The second kappa shape index (κ2) is 6.64. The molecule has 0 spiro atoms. The molecule has 80 valence electrons. The molecule has 0 aromatic heterocycles. The number of hydrogen-bond acceptors (Lipinski definition) is 1. The van der Waals surface area contributed by atoms with Crippen LogP contribution in [-0.2, 0) is 0 Å². The van der Waals surface area contributed by atoms with E-state index in [1.54, 1.807) is 12.1 Å². The van der Waals surface area contributed by atoms with Gasteiger partial charge in [0.15, 0.2) is 0 Å². The van der Waals surface area contributed by atoms with Gasteiger partial charge in [0, 0.05) is 16.9 Å². The molecule has 1 aromatic rings. The van der Waals surface area contributed by atoms with Gasteiger partial charge in [0.2, 0.25) is 0 Å². The number of hydrogen-bond donors (Lipinski definition) is 1. The molecule has 0 heterocycles. The Labute approximate surface area is 102 Å². The van der Waals surface area contributed by atoms with Crippen LogP contribution in [0.2, 0.25) is 0 Å². The summed E-state index contributed by atoms with van der Waals surface area (Å²) in [5, 5.41) is 2.76. The van der Waals surface area contributed by atoms with E-state index < -0.39 is 0 Å². The number of carbonyl (C=O) groups is 1. The lowest BCUT2D eigenvalue weighted by Crippen LogP contribution is -2.23. The molecular weight excluding hydrogens is 277 g/mol. The van der Waals surface area contributed by atoms with Gasteiger partial charge in [0.05, 0.1) is 5.56 Å². The van der Waals surface area contributed by atoms with Crippen molar-refractivity contribution in [1.29, 1.82) is 0 Å². The van der Waals surface area contributed by atoms with Gasteiger partial charge >= 0.3 is 0 Å². The predicted molar refractivity (Wildman–Crippen MR) is 66.3 cm³/mol. The highest BCUT2D eigenvalue weighted by Gasteiger charge is 2.06. The van der Waals surface area contributed by atoms with Crippen LogP contribution in [0.5, 0.6) is 0 Å². The van der Waals surface area contributed by atoms with E-state index in [0.717, 1.165) is 4.47 Å². The molecule has 1 N–H and O–H groups in total. The summed E-state index contributed by atoms with van der Waals surface area (Å²) in [5.74, 6) is 0.368. The van der Waals surface area contributed by atoms with Crippen molar-refractivity contribution in [2.75, 3.05) is 12.4 Å². The molecular formula is C11H11BrClNO. The largest absolute Gasteiger partial charge is 0.349 e. The standard InChI is InChI=1S/C11H11BrClNO/c12-10-6-2-1-5-9(10)11(15)14-8-4-3-7-13/h1-6H,7-8H2,(H,14,15)/b4-3+. The van der Waals surface area contributed by atoms with E-state index in [0.29, 0.717) is 18.0 Å². The van der Waals surface area contributed by atoms with E-state index >= 15 is 0 Å². The number of benzene rings is 1. The maximum absolute atomic E-state index is 11.6. The molecule has 0 radical (unpaired) electrons. The zero-order chi connectivity index (χ0) is 11.1. The fraction of sp³-hybridized carbons (Fsp3) is 0.182. The van der Waals surface area contributed by atoms with Crippen molar-refractivity contribution in [2.45, 2.75) is 0 Å². The number of carbonyl (C=O) groups excluding carboxylic acids is 1. The number of amides is 1. The Hall–Kier alpha value is -0.800. The van der Waals surface area contributed by atoms with Crippen LogP contribution in [0.4, 0.5) is 0 Å². The first-order valence-electron chi connectivity index (χ1n) is 4.49. The van der Waals surface area contributed by atoms with Gasteiger partial charge in [0.25, 0.3) is 5.91 Å². The summed E-state index contributed by atoms with van der Waals surface area (Å²) in [7, 11) is 0. The van der Waals surface area contributed by atoms with E-state index in [9.17, 15) is 4.79 Å². The Morgan fingerprint density at radius 2 is 2.13 bits per heavy atom. The summed E-state index contributed by atoms with van der Waals surface area (Å²) in [6.07, 6.45) is 3.61. The average molecular weight is 289 g/mol. The minimum Gasteiger partial charge on any atom is -0.349 e. The average Bonchev–Trinajstić information content (AvgIpc) is 2.25. The maximum atomic E-state index is 11.6. The van der Waals surface area contributed by atoms with Gasteiger partial charge in [-0.05, 0) is 28.1 Å². The van der Waals surface area contributed by atoms with Crippen LogP contribution < -0.4 is 5.32 Å². The van der Waals surface area contributed by atoms with Crippen molar-refractivity contribution < 1.29 is 4.79 Å². The van der Waals surface area contributed by atoms with E-state index in [1.807, 2.05) is 24.3 Å². The second-order valence-electron chi connectivity index (χ2n) is 2.82. The molecule has 0 unspecified atom stereocenters. The molecule has 0 saturated carbocycles. The first-order chi connectivity index (χ1) is 7.25. The Bertz CT molecular complexity index is 365. The Morgan fingerprint density at radius 1 is 1.40 bits per heavy atom. The van der Waals surface area contributed by atoms with Crippen LogP contribution in [0.15, 0.2) is 40.9 Å². The third kappa shape index (κ3) is 4.06. The van der Waals surface area contributed by atoms with Gasteiger partial charge in [-0.25, -0.2) is 0 Å². The lowest BCUT2D eigenvalue weighted by molar-refractivity contribution is 0.0957. The molecule has 4 heteroatoms.